The predicted octanol–water partition coefficient (Wildman–Crippen LogP) is 8.63. The monoisotopic (exact) mass is 691 g/mol. The SMILES string of the molecule is CCOc1ccccc1/C=C(/NC(=O)c1ccccc1)C(=O)Nc1cccc(SC(C(=O)Nc2cc(Cl)ccc2OC)c2ccccc2)c1. The van der Waals surface area contributed by atoms with E-state index in [0.29, 0.717) is 45.6 Å². The van der Waals surface area contributed by atoms with Crippen molar-refractivity contribution in [2.45, 2.75) is 17.1 Å². The van der Waals surface area contributed by atoms with Gasteiger partial charge in [-0.2, -0.15) is 0 Å². The molecule has 3 N–H and O–H groups in total. The average Bonchev–Trinajstić information content (AvgIpc) is 3.12. The Morgan fingerprint density at radius 1 is 0.796 bits per heavy atom. The van der Waals surface area contributed by atoms with Crippen LogP contribution in [0.15, 0.2) is 138 Å². The quantitative estimate of drug-likeness (QED) is 0.0843. The number of nitrogens with one attached hydrogen (secondary N) is 3. The van der Waals surface area contributed by atoms with Crippen LogP contribution in [0.5, 0.6) is 11.5 Å². The lowest BCUT2D eigenvalue weighted by Gasteiger charge is -2.19. The van der Waals surface area contributed by atoms with Crippen molar-refractivity contribution in [1.29, 1.82) is 0 Å². The number of methoxy groups -OCH3 is 1. The average molecular weight is 692 g/mol. The maximum atomic E-state index is 13.8. The van der Waals surface area contributed by atoms with Gasteiger partial charge in [0.1, 0.15) is 22.4 Å². The highest BCUT2D eigenvalue weighted by molar-refractivity contribution is 8.00. The number of rotatable bonds is 13. The Kier molecular flexibility index (Phi) is 12.1. The van der Waals surface area contributed by atoms with Crippen LogP contribution in [-0.4, -0.2) is 31.4 Å². The summed E-state index contributed by atoms with van der Waals surface area (Å²) in [6.45, 7) is 2.30. The highest BCUT2D eigenvalue weighted by Crippen LogP contribution is 2.38. The van der Waals surface area contributed by atoms with Crippen molar-refractivity contribution in [1.82, 2.24) is 5.32 Å². The Hall–Kier alpha value is -5.51. The molecule has 5 aromatic carbocycles. The molecule has 8 nitrogen and oxygen atoms in total. The van der Waals surface area contributed by atoms with E-state index in [0.717, 1.165) is 10.5 Å². The predicted molar refractivity (Wildman–Crippen MR) is 196 cm³/mol. The Morgan fingerprint density at radius 3 is 2.24 bits per heavy atom. The maximum absolute atomic E-state index is 13.8. The van der Waals surface area contributed by atoms with Gasteiger partial charge in [0.25, 0.3) is 11.8 Å². The van der Waals surface area contributed by atoms with Gasteiger partial charge in [0, 0.05) is 26.7 Å². The molecule has 5 aromatic rings. The third-order valence-corrected chi connectivity index (χ3v) is 8.64. The van der Waals surface area contributed by atoms with E-state index in [1.54, 1.807) is 78.9 Å². The van der Waals surface area contributed by atoms with Gasteiger partial charge < -0.3 is 25.4 Å². The summed E-state index contributed by atoms with van der Waals surface area (Å²) in [7, 11) is 1.52. The number of anilines is 2. The van der Waals surface area contributed by atoms with Gasteiger partial charge in [-0.3, -0.25) is 14.4 Å². The van der Waals surface area contributed by atoms with E-state index in [2.05, 4.69) is 16.0 Å². The van der Waals surface area contributed by atoms with Gasteiger partial charge in [-0.15, -0.1) is 11.8 Å². The first-order valence-electron chi connectivity index (χ1n) is 15.4. The molecule has 1 atom stereocenters. The second kappa shape index (κ2) is 17.1. The molecule has 3 amide bonds. The zero-order valence-corrected chi connectivity index (χ0v) is 28.4. The Bertz CT molecular complexity index is 1950. The van der Waals surface area contributed by atoms with Gasteiger partial charge in [0.15, 0.2) is 0 Å². The van der Waals surface area contributed by atoms with Crippen LogP contribution >= 0.6 is 23.4 Å². The van der Waals surface area contributed by atoms with E-state index >= 15 is 0 Å². The third-order valence-electron chi connectivity index (χ3n) is 7.15. The molecule has 0 aliphatic rings. The van der Waals surface area contributed by atoms with Crippen LogP contribution in [0, 0.1) is 0 Å². The molecule has 5 rings (SSSR count). The molecule has 248 valence electrons. The summed E-state index contributed by atoms with van der Waals surface area (Å²) in [5.74, 6) is -0.209. The standard InChI is InChI=1S/C39H34ClN3O5S/c1-3-48-34-20-11-10-17-28(34)23-33(43-37(44)27-15-8-5-9-16-27)38(45)41-30-18-12-19-31(25-30)49-36(26-13-6-4-7-14-26)39(46)42-32-24-29(40)21-22-35(32)47-2/h4-25,36H,3H2,1-2H3,(H,41,45)(H,42,46)(H,43,44)/b33-23+. The molecule has 0 bridgehead atoms. The van der Waals surface area contributed by atoms with E-state index < -0.39 is 17.1 Å². The first-order valence-corrected chi connectivity index (χ1v) is 16.7. The zero-order chi connectivity index (χ0) is 34.6. The number of para-hydroxylation sites is 1. The van der Waals surface area contributed by atoms with Crippen LogP contribution in [0.4, 0.5) is 11.4 Å². The van der Waals surface area contributed by atoms with Gasteiger partial charge in [0.05, 0.1) is 19.4 Å². The summed E-state index contributed by atoms with van der Waals surface area (Å²) in [6.07, 6.45) is 1.58. The minimum absolute atomic E-state index is 0.0241. The van der Waals surface area contributed by atoms with E-state index in [4.69, 9.17) is 21.1 Å². The molecule has 0 saturated heterocycles. The molecule has 0 aliphatic heterocycles. The molecule has 0 radical (unpaired) electrons. The molecule has 1 unspecified atom stereocenters. The zero-order valence-electron chi connectivity index (χ0n) is 26.8. The first-order chi connectivity index (χ1) is 23.8. The molecule has 0 fully saturated rings. The van der Waals surface area contributed by atoms with Gasteiger partial charge in [-0.1, -0.05) is 84.4 Å². The number of halogens is 1. The molecule has 0 saturated carbocycles. The van der Waals surface area contributed by atoms with Crippen LogP contribution in [0.25, 0.3) is 6.08 Å². The van der Waals surface area contributed by atoms with E-state index in [1.807, 2.05) is 61.5 Å². The van der Waals surface area contributed by atoms with Crippen molar-refractivity contribution in [3.8, 4) is 11.5 Å². The summed E-state index contributed by atoms with van der Waals surface area (Å²) in [5, 5.41) is 8.42. The van der Waals surface area contributed by atoms with Gasteiger partial charge in [-0.25, -0.2) is 0 Å². The van der Waals surface area contributed by atoms with Gasteiger partial charge in [0.2, 0.25) is 5.91 Å². The second-order valence-electron chi connectivity index (χ2n) is 10.6. The van der Waals surface area contributed by atoms with E-state index in [-0.39, 0.29) is 11.6 Å². The highest BCUT2D eigenvalue weighted by atomic mass is 35.5. The number of thioether (sulfide) groups is 1. The molecule has 10 heteroatoms. The van der Waals surface area contributed by atoms with E-state index in [9.17, 15) is 14.4 Å². The summed E-state index contributed by atoms with van der Waals surface area (Å²) >= 11 is 7.53. The van der Waals surface area contributed by atoms with Crippen LogP contribution in [0.2, 0.25) is 5.02 Å². The second-order valence-corrected chi connectivity index (χ2v) is 12.2. The normalized spacial score (nSPS) is 11.6. The number of carbonyl (C=O) groups is 3. The van der Waals surface area contributed by atoms with Crippen LogP contribution < -0.4 is 25.4 Å². The molecule has 0 aromatic heterocycles. The lowest BCUT2D eigenvalue weighted by Crippen LogP contribution is -2.30. The molecule has 0 spiro atoms. The van der Waals surface area contributed by atoms with Crippen LogP contribution in [0.3, 0.4) is 0 Å². The smallest absolute Gasteiger partial charge is 0.272 e. The number of amides is 3. The molecule has 0 aliphatic carbocycles. The highest BCUT2D eigenvalue weighted by Gasteiger charge is 2.24. The Balaban J connectivity index is 1.41. The van der Waals surface area contributed by atoms with Crippen LogP contribution in [-0.2, 0) is 9.59 Å². The number of hydrogen-bond donors (Lipinski definition) is 3. The summed E-state index contributed by atoms with van der Waals surface area (Å²) < 4.78 is 11.2. The fraction of sp³-hybridized carbons (Fsp3) is 0.103. The summed E-state index contributed by atoms with van der Waals surface area (Å²) in [5.41, 5.74) is 2.75. The minimum atomic E-state index is -0.661. The van der Waals surface area contributed by atoms with Crippen molar-refractivity contribution in [2.24, 2.45) is 0 Å². The number of benzene rings is 5. The Morgan fingerprint density at radius 2 is 1.51 bits per heavy atom. The fourth-order valence-corrected chi connectivity index (χ4v) is 6.10. The van der Waals surface area contributed by atoms with Crippen molar-refractivity contribution < 1.29 is 23.9 Å². The Labute approximate surface area is 294 Å². The number of ether oxygens (including phenoxy) is 2. The van der Waals surface area contributed by atoms with Crippen molar-refractivity contribution >= 4 is 58.5 Å². The molecule has 0 heterocycles. The van der Waals surface area contributed by atoms with Gasteiger partial charge in [-0.05, 0) is 73.2 Å². The largest absolute Gasteiger partial charge is 0.495 e. The van der Waals surface area contributed by atoms with Crippen molar-refractivity contribution in [3.63, 3.8) is 0 Å². The van der Waals surface area contributed by atoms with Crippen molar-refractivity contribution in [3.05, 3.63) is 155 Å². The fourth-order valence-electron chi connectivity index (χ4n) is 4.84. The first kappa shape index (κ1) is 34.8. The van der Waals surface area contributed by atoms with Crippen LogP contribution in [0.1, 0.15) is 33.7 Å². The number of hydrogen-bond acceptors (Lipinski definition) is 6. The molecule has 49 heavy (non-hydrogen) atoms. The third kappa shape index (κ3) is 9.53. The summed E-state index contributed by atoms with van der Waals surface area (Å²) in [4.78, 5) is 41.4. The topological polar surface area (TPSA) is 106 Å². The molecular formula is C39H34ClN3O5S. The molecular weight excluding hydrogens is 658 g/mol. The summed E-state index contributed by atoms with van der Waals surface area (Å²) in [6, 6.07) is 37.5. The number of carbonyl (C=O) groups excluding carboxylic acids is 3. The maximum Gasteiger partial charge on any atom is 0.272 e. The van der Waals surface area contributed by atoms with Crippen molar-refractivity contribution in [2.75, 3.05) is 24.4 Å². The lowest BCUT2D eigenvalue weighted by atomic mass is 10.1. The van der Waals surface area contributed by atoms with Gasteiger partial charge >= 0.3 is 0 Å². The lowest BCUT2D eigenvalue weighted by molar-refractivity contribution is -0.116. The minimum Gasteiger partial charge on any atom is -0.495 e. The van der Waals surface area contributed by atoms with E-state index in [1.165, 1.54) is 18.9 Å².